The lowest BCUT2D eigenvalue weighted by Gasteiger charge is -2.11. The summed E-state index contributed by atoms with van der Waals surface area (Å²) in [5.74, 6) is -0.488. The van der Waals surface area contributed by atoms with Gasteiger partial charge in [0, 0.05) is 5.69 Å². The number of hydrogen-bond acceptors (Lipinski definition) is 3. The van der Waals surface area contributed by atoms with Crippen molar-refractivity contribution >= 4 is 33.2 Å². The number of nitrogen functional groups attached to an aromatic ring is 1. The van der Waals surface area contributed by atoms with Gasteiger partial charge in [0.1, 0.15) is 11.6 Å². The largest absolute Gasteiger partial charge is 0.495 e. The summed E-state index contributed by atoms with van der Waals surface area (Å²) in [5.41, 5.74) is 6.77. The molecule has 0 fully saturated rings. The lowest BCUT2D eigenvalue weighted by atomic mass is 10.2. The van der Waals surface area contributed by atoms with E-state index >= 15 is 0 Å². The molecule has 104 valence electrons. The van der Waals surface area contributed by atoms with E-state index in [0.717, 1.165) is 0 Å². The first-order valence-electron chi connectivity index (χ1n) is 5.72. The molecule has 0 aliphatic rings. The van der Waals surface area contributed by atoms with E-state index in [2.05, 4.69) is 21.2 Å². The van der Waals surface area contributed by atoms with Gasteiger partial charge in [0.2, 0.25) is 0 Å². The summed E-state index contributed by atoms with van der Waals surface area (Å²) in [4.78, 5) is 12.2. The summed E-state index contributed by atoms with van der Waals surface area (Å²) in [6, 6.07) is 9.12. The fourth-order valence-electron chi connectivity index (χ4n) is 1.69. The third kappa shape index (κ3) is 2.91. The van der Waals surface area contributed by atoms with E-state index in [0.29, 0.717) is 17.1 Å². The predicted octanol–water partition coefficient (Wildman–Crippen LogP) is 3.43. The first-order valence-corrected chi connectivity index (χ1v) is 6.51. The van der Waals surface area contributed by atoms with Crippen molar-refractivity contribution in [1.82, 2.24) is 0 Å². The maximum absolute atomic E-state index is 13.4. The average molecular weight is 339 g/mol. The first-order chi connectivity index (χ1) is 9.52. The average Bonchev–Trinajstić information content (AvgIpc) is 2.42. The van der Waals surface area contributed by atoms with Crippen LogP contribution in [0.25, 0.3) is 0 Å². The van der Waals surface area contributed by atoms with Crippen LogP contribution >= 0.6 is 15.9 Å². The number of halogens is 2. The summed E-state index contributed by atoms with van der Waals surface area (Å²) < 4.78 is 18.7. The monoisotopic (exact) mass is 338 g/mol. The summed E-state index contributed by atoms with van der Waals surface area (Å²) in [5, 5.41) is 2.65. The minimum absolute atomic E-state index is 0.111. The zero-order valence-electron chi connectivity index (χ0n) is 10.6. The highest BCUT2D eigenvalue weighted by atomic mass is 79.9. The highest BCUT2D eigenvalue weighted by Gasteiger charge is 2.15. The molecule has 0 atom stereocenters. The number of nitrogens with one attached hydrogen (secondary N) is 1. The molecule has 4 nitrogen and oxygen atoms in total. The van der Waals surface area contributed by atoms with E-state index in [-0.39, 0.29) is 10.0 Å². The van der Waals surface area contributed by atoms with E-state index in [1.807, 2.05) is 0 Å². The molecule has 20 heavy (non-hydrogen) atoms. The topological polar surface area (TPSA) is 64.3 Å². The van der Waals surface area contributed by atoms with Gasteiger partial charge in [-0.3, -0.25) is 4.79 Å². The number of methoxy groups -OCH3 is 1. The Morgan fingerprint density at radius 1 is 1.35 bits per heavy atom. The number of hydrogen-bond donors (Lipinski definition) is 2. The van der Waals surface area contributed by atoms with Crippen LogP contribution in [0.3, 0.4) is 0 Å². The van der Waals surface area contributed by atoms with Gasteiger partial charge < -0.3 is 15.8 Å². The maximum atomic E-state index is 13.4. The van der Waals surface area contributed by atoms with Gasteiger partial charge in [-0.25, -0.2) is 4.39 Å². The van der Waals surface area contributed by atoms with E-state index in [4.69, 9.17) is 10.5 Å². The van der Waals surface area contributed by atoms with E-state index in [1.165, 1.54) is 25.3 Å². The Balaban J connectivity index is 2.32. The molecule has 0 heterocycles. The second-order valence-corrected chi connectivity index (χ2v) is 4.81. The van der Waals surface area contributed by atoms with Crippen LogP contribution in [0.1, 0.15) is 10.4 Å². The van der Waals surface area contributed by atoms with Crippen LogP contribution in [0.2, 0.25) is 0 Å². The first kappa shape index (κ1) is 14.3. The van der Waals surface area contributed by atoms with Crippen molar-refractivity contribution in [1.29, 1.82) is 0 Å². The zero-order chi connectivity index (χ0) is 14.7. The molecule has 0 aromatic heterocycles. The van der Waals surface area contributed by atoms with Crippen molar-refractivity contribution in [3.8, 4) is 5.75 Å². The third-order valence-electron chi connectivity index (χ3n) is 2.67. The number of amides is 1. The number of benzene rings is 2. The van der Waals surface area contributed by atoms with Crippen molar-refractivity contribution in [2.24, 2.45) is 0 Å². The van der Waals surface area contributed by atoms with Crippen molar-refractivity contribution in [3.63, 3.8) is 0 Å². The number of anilines is 2. The van der Waals surface area contributed by atoms with Crippen molar-refractivity contribution in [2.45, 2.75) is 0 Å². The summed E-state index contributed by atoms with van der Waals surface area (Å²) in [7, 11) is 1.49. The molecular weight excluding hydrogens is 327 g/mol. The van der Waals surface area contributed by atoms with Gasteiger partial charge in [0.25, 0.3) is 5.91 Å². The van der Waals surface area contributed by atoms with Crippen molar-refractivity contribution < 1.29 is 13.9 Å². The quantitative estimate of drug-likeness (QED) is 0.842. The molecule has 3 N–H and O–H groups in total. The van der Waals surface area contributed by atoms with Crippen molar-refractivity contribution in [2.75, 3.05) is 18.2 Å². The molecule has 2 rings (SSSR count). The number of carbonyl (C=O) groups excluding carboxylic acids is 1. The molecule has 6 heteroatoms. The van der Waals surface area contributed by atoms with Gasteiger partial charge in [-0.15, -0.1) is 0 Å². The lowest BCUT2D eigenvalue weighted by molar-refractivity contribution is 0.102. The molecule has 2 aromatic rings. The molecule has 0 saturated carbocycles. The van der Waals surface area contributed by atoms with Crippen LogP contribution in [0.15, 0.2) is 40.9 Å². The fraction of sp³-hybridized carbons (Fsp3) is 0.0714. The molecule has 0 aliphatic heterocycles. The van der Waals surface area contributed by atoms with Crippen molar-refractivity contribution in [3.05, 3.63) is 52.3 Å². The Labute approximate surface area is 123 Å². The van der Waals surface area contributed by atoms with Crippen LogP contribution in [0.5, 0.6) is 5.75 Å². The van der Waals surface area contributed by atoms with E-state index < -0.39 is 11.7 Å². The second kappa shape index (κ2) is 5.92. The molecule has 0 unspecified atom stereocenters. The highest BCUT2D eigenvalue weighted by molar-refractivity contribution is 9.10. The van der Waals surface area contributed by atoms with Crippen LogP contribution in [0.4, 0.5) is 15.8 Å². The highest BCUT2D eigenvalue weighted by Crippen LogP contribution is 2.28. The zero-order valence-corrected chi connectivity index (χ0v) is 12.2. The maximum Gasteiger partial charge on any atom is 0.257 e. The normalized spacial score (nSPS) is 10.2. The number of carbonyl (C=O) groups is 1. The van der Waals surface area contributed by atoms with Gasteiger partial charge in [0.05, 0.1) is 22.8 Å². The fourth-order valence-corrected chi connectivity index (χ4v) is 2.14. The minimum atomic E-state index is -0.503. The van der Waals surface area contributed by atoms with Gasteiger partial charge in [-0.1, -0.05) is 6.07 Å². The molecule has 0 bridgehead atoms. The second-order valence-electron chi connectivity index (χ2n) is 4.02. The number of nitrogens with two attached hydrogens (primary N) is 1. The predicted molar refractivity (Wildman–Crippen MR) is 79.5 cm³/mol. The number of ether oxygens (including phenoxy) is 1. The van der Waals surface area contributed by atoms with Crippen LogP contribution in [-0.2, 0) is 0 Å². The molecule has 1 amide bonds. The van der Waals surface area contributed by atoms with Gasteiger partial charge in [-0.05, 0) is 46.3 Å². The lowest BCUT2D eigenvalue weighted by Crippen LogP contribution is -2.14. The summed E-state index contributed by atoms with van der Waals surface area (Å²) in [6.45, 7) is 0. The SMILES string of the molecule is COc1ccc(N)cc1NC(=O)c1cccc(F)c1Br. The molecule has 0 aliphatic carbocycles. The Morgan fingerprint density at radius 2 is 2.10 bits per heavy atom. The van der Waals surface area contributed by atoms with Gasteiger partial charge >= 0.3 is 0 Å². The van der Waals surface area contributed by atoms with E-state index in [1.54, 1.807) is 18.2 Å². The van der Waals surface area contributed by atoms with Gasteiger partial charge in [0.15, 0.2) is 0 Å². The summed E-state index contributed by atoms with van der Waals surface area (Å²) in [6.07, 6.45) is 0. The standard InChI is InChI=1S/C14H12BrFN2O2/c1-20-12-6-5-8(17)7-11(12)18-14(19)9-3-2-4-10(16)13(9)15/h2-7H,17H2,1H3,(H,18,19). The Morgan fingerprint density at radius 3 is 2.80 bits per heavy atom. The Bertz CT molecular complexity index is 662. The Kier molecular flexibility index (Phi) is 4.24. The molecule has 0 spiro atoms. The van der Waals surface area contributed by atoms with Crippen LogP contribution < -0.4 is 15.8 Å². The molecule has 0 saturated heterocycles. The minimum Gasteiger partial charge on any atom is -0.495 e. The van der Waals surface area contributed by atoms with Crippen LogP contribution in [0, 0.1) is 5.82 Å². The molecular formula is C14H12BrFN2O2. The molecule has 2 aromatic carbocycles. The smallest absolute Gasteiger partial charge is 0.257 e. The number of rotatable bonds is 3. The van der Waals surface area contributed by atoms with Gasteiger partial charge in [-0.2, -0.15) is 0 Å². The van der Waals surface area contributed by atoms with E-state index in [9.17, 15) is 9.18 Å². The van der Waals surface area contributed by atoms with Crippen LogP contribution in [-0.4, -0.2) is 13.0 Å². The Hall–Kier alpha value is -2.08. The summed E-state index contributed by atoms with van der Waals surface area (Å²) >= 11 is 3.05. The molecule has 0 radical (unpaired) electrons. The third-order valence-corrected chi connectivity index (χ3v) is 3.47.